The summed E-state index contributed by atoms with van der Waals surface area (Å²) in [7, 11) is -0.644. The summed E-state index contributed by atoms with van der Waals surface area (Å²) < 4.78 is 23.4. The molecule has 0 bridgehead atoms. The van der Waals surface area contributed by atoms with E-state index in [1.807, 2.05) is 0 Å². The van der Waals surface area contributed by atoms with Crippen LogP contribution in [0.15, 0.2) is 0 Å². The first-order chi connectivity index (χ1) is 10.4. The summed E-state index contributed by atoms with van der Waals surface area (Å²) in [5.41, 5.74) is -0.941. The van der Waals surface area contributed by atoms with Gasteiger partial charge >= 0.3 is 6.09 Å². The molecule has 3 atom stereocenters. The number of nitrogens with zero attached hydrogens (tertiary/aromatic N) is 1. The third-order valence-corrected chi connectivity index (χ3v) is 6.50. The molecule has 1 heterocycles. The first-order valence-electron chi connectivity index (χ1n) is 8.08. The van der Waals surface area contributed by atoms with Gasteiger partial charge < -0.3 is 19.1 Å². The monoisotopic (exact) mass is 333 g/mol. The molecule has 1 aliphatic carbocycles. The molecule has 1 N–H and O–H groups in total. The molecule has 0 aromatic heterocycles. The van der Waals surface area contributed by atoms with Crippen molar-refractivity contribution in [1.82, 2.24) is 4.90 Å². The Bertz CT molecular complexity index is 422. The number of amides is 1. The number of hydrogen-bond acceptors (Lipinski definition) is 4. The lowest BCUT2D eigenvalue weighted by atomic mass is 9.84. The van der Waals surface area contributed by atoms with E-state index in [2.05, 4.69) is 0 Å². The van der Waals surface area contributed by atoms with Crippen LogP contribution in [-0.4, -0.2) is 47.2 Å². The zero-order valence-corrected chi connectivity index (χ0v) is 14.7. The maximum Gasteiger partial charge on any atom is 0.409 e. The summed E-state index contributed by atoms with van der Waals surface area (Å²) in [5, 5.41) is 9.60. The highest BCUT2D eigenvalue weighted by atomic mass is 31.1. The minimum absolute atomic E-state index is 0.139. The fraction of sp³-hybridized carbons (Fsp3) is 0.933. The molecule has 1 amide bonds. The van der Waals surface area contributed by atoms with Crippen molar-refractivity contribution in [1.29, 1.82) is 0 Å². The molecule has 2 rings (SSSR count). The minimum Gasteiger partial charge on any atom is -0.465 e. The molecule has 0 spiro atoms. The van der Waals surface area contributed by atoms with E-state index in [0.717, 1.165) is 19.3 Å². The SMILES string of the molecule is COC[PH](=O)C1OC(C)(C)N(C(=O)O)[C@H]1CC1CCCCC1. The van der Waals surface area contributed by atoms with Crippen molar-refractivity contribution >= 4 is 13.9 Å². The lowest BCUT2D eigenvalue weighted by molar-refractivity contribution is -0.0505. The first kappa shape index (κ1) is 17.8. The quantitative estimate of drug-likeness (QED) is 0.779. The van der Waals surface area contributed by atoms with Crippen LogP contribution < -0.4 is 0 Å². The van der Waals surface area contributed by atoms with Gasteiger partial charge in [0.15, 0.2) is 0 Å². The Hall–Kier alpha value is -0.580. The summed E-state index contributed by atoms with van der Waals surface area (Å²) in [4.78, 5) is 13.1. The topological polar surface area (TPSA) is 76.1 Å². The Kier molecular flexibility index (Phi) is 5.92. The Morgan fingerprint density at radius 1 is 1.36 bits per heavy atom. The lowest BCUT2D eigenvalue weighted by Crippen LogP contribution is -2.48. The van der Waals surface area contributed by atoms with Crippen molar-refractivity contribution < 1.29 is 23.9 Å². The van der Waals surface area contributed by atoms with Crippen LogP contribution in [0.25, 0.3) is 0 Å². The second-order valence-electron chi connectivity index (χ2n) is 6.84. The van der Waals surface area contributed by atoms with Gasteiger partial charge in [-0.15, -0.1) is 0 Å². The molecule has 1 saturated heterocycles. The van der Waals surface area contributed by atoms with E-state index in [1.165, 1.54) is 31.3 Å². The molecule has 1 aliphatic heterocycles. The van der Waals surface area contributed by atoms with Crippen LogP contribution >= 0.6 is 7.80 Å². The number of hydrogen-bond donors (Lipinski definition) is 1. The largest absolute Gasteiger partial charge is 0.465 e. The van der Waals surface area contributed by atoms with Gasteiger partial charge in [-0.3, -0.25) is 4.90 Å². The lowest BCUT2D eigenvalue weighted by Gasteiger charge is -2.33. The van der Waals surface area contributed by atoms with Crippen LogP contribution in [-0.2, 0) is 14.0 Å². The van der Waals surface area contributed by atoms with Gasteiger partial charge in [0.05, 0.1) is 12.4 Å². The maximum atomic E-state index is 12.5. The van der Waals surface area contributed by atoms with Gasteiger partial charge in [0, 0.05) is 7.11 Å². The number of methoxy groups -OCH3 is 1. The minimum atomic E-state index is -2.15. The molecule has 1 saturated carbocycles. The van der Waals surface area contributed by atoms with Gasteiger partial charge in [-0.1, -0.05) is 32.1 Å². The molecule has 7 heteroatoms. The van der Waals surface area contributed by atoms with Gasteiger partial charge in [0.1, 0.15) is 19.4 Å². The standard InChI is InChI=1S/C15H28NO5P/c1-15(2)16(14(17)18)12(9-11-7-5-4-6-8-11)13(21-15)22(19)10-20-3/h11-13,22H,4-10H2,1-3H3,(H,17,18)/t12-,13?/m0/s1. The fourth-order valence-corrected chi connectivity index (χ4v) is 5.43. The highest BCUT2D eigenvalue weighted by molar-refractivity contribution is 7.45. The van der Waals surface area contributed by atoms with Gasteiger partial charge in [0.25, 0.3) is 0 Å². The molecule has 0 aromatic rings. The van der Waals surface area contributed by atoms with Gasteiger partial charge in [0.2, 0.25) is 0 Å². The fourth-order valence-electron chi connectivity index (χ4n) is 3.85. The summed E-state index contributed by atoms with van der Waals surface area (Å²) >= 11 is 0. The summed E-state index contributed by atoms with van der Waals surface area (Å²) in [5.74, 6) is -0.0454. The average Bonchev–Trinajstić information content (AvgIpc) is 2.71. The van der Waals surface area contributed by atoms with Crippen molar-refractivity contribution in [2.45, 2.75) is 70.0 Å². The average molecular weight is 333 g/mol. The molecule has 6 nitrogen and oxygen atoms in total. The van der Waals surface area contributed by atoms with Crippen LogP contribution in [0.1, 0.15) is 52.4 Å². The van der Waals surface area contributed by atoms with Crippen LogP contribution in [0.3, 0.4) is 0 Å². The van der Waals surface area contributed by atoms with E-state index in [-0.39, 0.29) is 12.4 Å². The number of rotatable bonds is 5. The van der Waals surface area contributed by atoms with E-state index in [1.54, 1.807) is 13.8 Å². The maximum absolute atomic E-state index is 12.5. The molecular weight excluding hydrogens is 305 g/mol. The first-order valence-corrected chi connectivity index (χ1v) is 9.78. The van der Waals surface area contributed by atoms with Crippen LogP contribution in [0.5, 0.6) is 0 Å². The number of ether oxygens (including phenoxy) is 2. The normalized spacial score (nSPS) is 30.4. The van der Waals surface area contributed by atoms with Crippen molar-refractivity contribution in [2.75, 3.05) is 13.5 Å². The third kappa shape index (κ3) is 3.84. The van der Waals surface area contributed by atoms with Crippen molar-refractivity contribution in [3.05, 3.63) is 0 Å². The third-order valence-electron chi connectivity index (χ3n) is 4.79. The molecule has 2 fully saturated rings. The molecule has 22 heavy (non-hydrogen) atoms. The summed E-state index contributed by atoms with van der Waals surface area (Å²) in [6.07, 6.45) is 5.79. The highest BCUT2D eigenvalue weighted by Gasteiger charge is 2.52. The summed E-state index contributed by atoms with van der Waals surface area (Å²) in [6.45, 7) is 3.47. The Morgan fingerprint density at radius 3 is 2.55 bits per heavy atom. The Balaban J connectivity index is 2.19. The summed E-state index contributed by atoms with van der Waals surface area (Å²) in [6, 6.07) is -0.336. The number of carboxylic acid groups (broad SMARTS) is 1. The van der Waals surface area contributed by atoms with E-state index in [4.69, 9.17) is 9.47 Å². The predicted molar refractivity (Wildman–Crippen MR) is 84.7 cm³/mol. The molecule has 2 unspecified atom stereocenters. The molecule has 2 aliphatic rings. The molecular formula is C15H28NO5P. The highest BCUT2D eigenvalue weighted by Crippen LogP contribution is 2.46. The zero-order chi connectivity index (χ0) is 16.3. The van der Waals surface area contributed by atoms with Gasteiger partial charge in [-0.2, -0.15) is 0 Å². The molecule has 0 aromatic carbocycles. The second kappa shape index (κ2) is 7.33. The van der Waals surface area contributed by atoms with Crippen LogP contribution in [0.2, 0.25) is 0 Å². The van der Waals surface area contributed by atoms with E-state index in [0.29, 0.717) is 5.92 Å². The van der Waals surface area contributed by atoms with Crippen LogP contribution in [0, 0.1) is 5.92 Å². The Labute approximate surface area is 132 Å². The van der Waals surface area contributed by atoms with E-state index in [9.17, 15) is 14.5 Å². The van der Waals surface area contributed by atoms with Gasteiger partial charge in [-0.05, 0) is 26.2 Å². The Morgan fingerprint density at radius 2 is 2.00 bits per heavy atom. The smallest absolute Gasteiger partial charge is 0.409 e. The second-order valence-corrected chi connectivity index (χ2v) is 8.63. The predicted octanol–water partition coefficient (Wildman–Crippen LogP) is 3.56. The van der Waals surface area contributed by atoms with E-state index < -0.39 is 25.5 Å². The zero-order valence-electron chi connectivity index (χ0n) is 13.7. The van der Waals surface area contributed by atoms with Crippen molar-refractivity contribution in [3.63, 3.8) is 0 Å². The van der Waals surface area contributed by atoms with Gasteiger partial charge in [-0.25, -0.2) is 4.79 Å². The van der Waals surface area contributed by atoms with Crippen molar-refractivity contribution in [3.8, 4) is 0 Å². The van der Waals surface area contributed by atoms with Crippen molar-refractivity contribution in [2.24, 2.45) is 5.92 Å². The molecule has 128 valence electrons. The molecule has 0 radical (unpaired) electrons. The van der Waals surface area contributed by atoms with E-state index >= 15 is 0 Å². The van der Waals surface area contributed by atoms with Crippen LogP contribution in [0.4, 0.5) is 4.79 Å². The number of carbonyl (C=O) groups is 1.